The van der Waals surface area contributed by atoms with Gasteiger partial charge in [0.25, 0.3) is 0 Å². The standard InChI is InChI=1S/C16H30O2/c1-13-8-6-10-16(4,14(13)12-17)11-7-9-15(2,3)18-5/h8,14,17H,6-7,9-12H2,1-5H3. The average molecular weight is 254 g/mol. The molecule has 0 saturated carbocycles. The van der Waals surface area contributed by atoms with E-state index >= 15 is 0 Å². The van der Waals surface area contributed by atoms with E-state index in [0.29, 0.717) is 5.92 Å². The molecule has 0 radical (unpaired) electrons. The molecule has 0 spiro atoms. The Morgan fingerprint density at radius 2 is 2.17 bits per heavy atom. The fourth-order valence-electron chi connectivity index (χ4n) is 3.18. The number of aliphatic hydroxyl groups excluding tert-OH is 1. The lowest BCUT2D eigenvalue weighted by Crippen LogP contribution is -2.34. The van der Waals surface area contributed by atoms with E-state index in [2.05, 4.69) is 33.8 Å². The van der Waals surface area contributed by atoms with Crippen LogP contribution in [0.25, 0.3) is 0 Å². The summed E-state index contributed by atoms with van der Waals surface area (Å²) < 4.78 is 5.47. The molecule has 1 aliphatic rings. The molecule has 0 heterocycles. The quantitative estimate of drug-likeness (QED) is 0.728. The Morgan fingerprint density at radius 3 is 2.72 bits per heavy atom. The minimum absolute atomic E-state index is 0.0232. The van der Waals surface area contributed by atoms with Gasteiger partial charge in [-0.2, -0.15) is 0 Å². The fourth-order valence-corrected chi connectivity index (χ4v) is 3.18. The van der Waals surface area contributed by atoms with Gasteiger partial charge < -0.3 is 9.84 Å². The maximum Gasteiger partial charge on any atom is 0.0622 e. The highest BCUT2D eigenvalue weighted by molar-refractivity contribution is 5.12. The van der Waals surface area contributed by atoms with E-state index in [1.165, 1.54) is 24.8 Å². The predicted octanol–water partition coefficient (Wildman–Crippen LogP) is 3.94. The Labute approximate surface area is 112 Å². The predicted molar refractivity (Wildman–Crippen MR) is 76.6 cm³/mol. The highest BCUT2D eigenvalue weighted by Gasteiger charge is 2.36. The summed E-state index contributed by atoms with van der Waals surface area (Å²) in [5.41, 5.74) is 1.61. The minimum atomic E-state index is -0.0232. The Balaban J connectivity index is 2.56. The number of methoxy groups -OCH3 is 1. The van der Waals surface area contributed by atoms with Gasteiger partial charge in [-0.1, -0.05) is 25.0 Å². The highest BCUT2D eigenvalue weighted by atomic mass is 16.5. The van der Waals surface area contributed by atoms with Gasteiger partial charge in [-0.05, 0) is 51.9 Å². The summed E-state index contributed by atoms with van der Waals surface area (Å²) in [6.07, 6.45) is 8.08. The number of hydrogen-bond acceptors (Lipinski definition) is 2. The van der Waals surface area contributed by atoms with Crippen molar-refractivity contribution >= 4 is 0 Å². The molecule has 0 saturated heterocycles. The van der Waals surface area contributed by atoms with E-state index in [4.69, 9.17) is 4.74 Å². The van der Waals surface area contributed by atoms with Crippen LogP contribution in [0.5, 0.6) is 0 Å². The van der Waals surface area contributed by atoms with E-state index < -0.39 is 0 Å². The zero-order chi connectivity index (χ0) is 13.8. The van der Waals surface area contributed by atoms with Gasteiger partial charge in [0.15, 0.2) is 0 Å². The summed E-state index contributed by atoms with van der Waals surface area (Å²) in [5, 5.41) is 9.64. The third-order valence-corrected chi connectivity index (χ3v) is 4.83. The summed E-state index contributed by atoms with van der Waals surface area (Å²) in [7, 11) is 1.78. The monoisotopic (exact) mass is 254 g/mol. The summed E-state index contributed by atoms with van der Waals surface area (Å²) in [6.45, 7) is 9.07. The van der Waals surface area contributed by atoms with Gasteiger partial charge in [-0.15, -0.1) is 0 Å². The van der Waals surface area contributed by atoms with Crippen LogP contribution < -0.4 is 0 Å². The molecule has 1 aliphatic carbocycles. The third-order valence-electron chi connectivity index (χ3n) is 4.83. The van der Waals surface area contributed by atoms with Crippen LogP contribution in [-0.2, 0) is 4.74 Å². The molecule has 0 aromatic carbocycles. The number of allylic oxidation sites excluding steroid dienone is 1. The zero-order valence-corrected chi connectivity index (χ0v) is 12.8. The van der Waals surface area contributed by atoms with Crippen LogP contribution in [0.3, 0.4) is 0 Å². The highest BCUT2D eigenvalue weighted by Crippen LogP contribution is 2.45. The van der Waals surface area contributed by atoms with Gasteiger partial charge in [-0.3, -0.25) is 0 Å². The summed E-state index contributed by atoms with van der Waals surface area (Å²) in [5.74, 6) is 0.344. The molecule has 18 heavy (non-hydrogen) atoms. The van der Waals surface area contributed by atoms with Crippen LogP contribution in [0.1, 0.15) is 59.8 Å². The van der Waals surface area contributed by atoms with E-state index in [0.717, 1.165) is 12.8 Å². The molecular formula is C16H30O2. The van der Waals surface area contributed by atoms with E-state index in [1.807, 2.05) is 0 Å². The van der Waals surface area contributed by atoms with Gasteiger partial charge in [0, 0.05) is 13.0 Å². The van der Waals surface area contributed by atoms with Crippen molar-refractivity contribution in [1.29, 1.82) is 0 Å². The molecule has 0 amide bonds. The normalized spacial score (nSPS) is 29.2. The maximum absolute atomic E-state index is 9.64. The van der Waals surface area contributed by atoms with Gasteiger partial charge in [0.1, 0.15) is 0 Å². The molecule has 2 heteroatoms. The number of ether oxygens (including phenoxy) is 1. The third kappa shape index (κ3) is 3.83. The fraction of sp³-hybridized carbons (Fsp3) is 0.875. The molecule has 1 N–H and O–H groups in total. The Kier molecular flexibility index (Phi) is 5.42. The van der Waals surface area contributed by atoms with Crippen LogP contribution in [0, 0.1) is 11.3 Å². The summed E-state index contributed by atoms with van der Waals surface area (Å²) >= 11 is 0. The van der Waals surface area contributed by atoms with Crippen molar-refractivity contribution in [2.24, 2.45) is 11.3 Å². The molecule has 1 rings (SSSR count). The SMILES string of the molecule is COC(C)(C)CCCC1(C)CCC=C(C)C1CO. The topological polar surface area (TPSA) is 29.5 Å². The lowest BCUT2D eigenvalue weighted by molar-refractivity contribution is 0.00788. The lowest BCUT2D eigenvalue weighted by Gasteiger charge is -2.41. The first kappa shape index (κ1) is 15.7. The largest absolute Gasteiger partial charge is 0.396 e. The van der Waals surface area contributed by atoms with E-state index in [1.54, 1.807) is 7.11 Å². The summed E-state index contributed by atoms with van der Waals surface area (Å²) in [6, 6.07) is 0. The smallest absolute Gasteiger partial charge is 0.0622 e. The van der Waals surface area contributed by atoms with Crippen LogP contribution in [0.4, 0.5) is 0 Å². The Hall–Kier alpha value is -0.340. The molecule has 0 fully saturated rings. The second-order valence-electron chi connectivity index (χ2n) is 6.69. The van der Waals surface area contributed by atoms with Gasteiger partial charge in [-0.25, -0.2) is 0 Å². The van der Waals surface area contributed by atoms with E-state index in [-0.39, 0.29) is 17.6 Å². The van der Waals surface area contributed by atoms with Crippen LogP contribution in [0.2, 0.25) is 0 Å². The zero-order valence-electron chi connectivity index (χ0n) is 12.8. The second-order valence-corrected chi connectivity index (χ2v) is 6.69. The van der Waals surface area contributed by atoms with Crippen LogP contribution >= 0.6 is 0 Å². The first-order chi connectivity index (χ1) is 8.34. The molecular weight excluding hydrogens is 224 g/mol. The Morgan fingerprint density at radius 1 is 1.50 bits per heavy atom. The van der Waals surface area contributed by atoms with Crippen molar-refractivity contribution in [3.8, 4) is 0 Å². The van der Waals surface area contributed by atoms with Crippen molar-refractivity contribution in [3.05, 3.63) is 11.6 Å². The number of hydrogen-bond donors (Lipinski definition) is 1. The van der Waals surface area contributed by atoms with Crippen molar-refractivity contribution < 1.29 is 9.84 Å². The Bertz CT molecular complexity index is 293. The molecule has 0 aromatic rings. The van der Waals surface area contributed by atoms with Crippen molar-refractivity contribution in [3.63, 3.8) is 0 Å². The molecule has 0 aliphatic heterocycles. The molecule has 2 atom stereocenters. The number of rotatable bonds is 6. The molecule has 106 valence electrons. The molecule has 2 unspecified atom stereocenters. The van der Waals surface area contributed by atoms with Gasteiger partial charge in [0.05, 0.1) is 12.2 Å². The van der Waals surface area contributed by atoms with E-state index in [9.17, 15) is 5.11 Å². The second kappa shape index (κ2) is 6.21. The summed E-state index contributed by atoms with van der Waals surface area (Å²) in [4.78, 5) is 0. The van der Waals surface area contributed by atoms with Gasteiger partial charge >= 0.3 is 0 Å². The number of aliphatic hydroxyl groups is 1. The van der Waals surface area contributed by atoms with Gasteiger partial charge in [0.2, 0.25) is 0 Å². The maximum atomic E-state index is 9.64. The molecule has 2 nitrogen and oxygen atoms in total. The van der Waals surface area contributed by atoms with Crippen LogP contribution in [-0.4, -0.2) is 24.4 Å². The minimum Gasteiger partial charge on any atom is -0.396 e. The van der Waals surface area contributed by atoms with Crippen molar-refractivity contribution in [2.75, 3.05) is 13.7 Å². The van der Waals surface area contributed by atoms with Crippen LogP contribution in [0.15, 0.2) is 11.6 Å². The lowest BCUT2D eigenvalue weighted by atomic mass is 9.65. The first-order valence-electron chi connectivity index (χ1n) is 7.17. The molecule has 0 aromatic heterocycles. The average Bonchev–Trinajstić information content (AvgIpc) is 2.29. The van der Waals surface area contributed by atoms with Crippen molar-refractivity contribution in [1.82, 2.24) is 0 Å². The van der Waals surface area contributed by atoms with Crippen molar-refractivity contribution in [2.45, 2.75) is 65.4 Å². The molecule has 0 bridgehead atoms. The first-order valence-corrected chi connectivity index (χ1v) is 7.17.